The van der Waals surface area contributed by atoms with Crippen LogP contribution in [0.4, 0.5) is 5.69 Å². The van der Waals surface area contributed by atoms with Crippen molar-refractivity contribution in [2.45, 2.75) is 6.92 Å². The maximum atomic E-state index is 12.1. The second-order valence-corrected chi connectivity index (χ2v) is 5.93. The summed E-state index contributed by atoms with van der Waals surface area (Å²) in [6.45, 7) is 1.77. The SMILES string of the molecule is Cc1nnsc1C(=O)Nc1ccc2c(Br)cccc2c1. The van der Waals surface area contributed by atoms with Gasteiger partial charge in [0.15, 0.2) is 0 Å². The molecule has 0 aliphatic heterocycles. The Morgan fingerprint density at radius 2 is 2.15 bits per heavy atom. The van der Waals surface area contributed by atoms with Crippen LogP contribution in [0.25, 0.3) is 10.8 Å². The van der Waals surface area contributed by atoms with E-state index in [1.165, 1.54) is 0 Å². The molecule has 1 N–H and O–H groups in total. The average molecular weight is 348 g/mol. The number of benzene rings is 2. The van der Waals surface area contributed by atoms with Crippen molar-refractivity contribution in [1.29, 1.82) is 0 Å². The van der Waals surface area contributed by atoms with Crippen LogP contribution in [0.2, 0.25) is 0 Å². The van der Waals surface area contributed by atoms with Gasteiger partial charge in [0.1, 0.15) is 4.88 Å². The van der Waals surface area contributed by atoms with E-state index in [0.29, 0.717) is 10.6 Å². The Hall–Kier alpha value is -1.79. The lowest BCUT2D eigenvalue weighted by molar-refractivity contribution is 0.103. The molecule has 3 rings (SSSR count). The summed E-state index contributed by atoms with van der Waals surface area (Å²) in [5.74, 6) is -0.174. The molecule has 0 bridgehead atoms. The van der Waals surface area contributed by atoms with Gasteiger partial charge in [-0.15, -0.1) is 5.10 Å². The molecule has 0 fully saturated rings. The molecule has 6 heteroatoms. The van der Waals surface area contributed by atoms with Gasteiger partial charge in [-0.2, -0.15) is 0 Å². The number of hydrogen-bond acceptors (Lipinski definition) is 4. The molecule has 4 nitrogen and oxygen atoms in total. The van der Waals surface area contributed by atoms with Gasteiger partial charge in [0.05, 0.1) is 5.69 Å². The van der Waals surface area contributed by atoms with E-state index in [1.807, 2.05) is 36.4 Å². The lowest BCUT2D eigenvalue weighted by Gasteiger charge is -2.06. The van der Waals surface area contributed by atoms with Gasteiger partial charge in [0.2, 0.25) is 0 Å². The van der Waals surface area contributed by atoms with Crippen molar-refractivity contribution in [3.63, 3.8) is 0 Å². The molecule has 2 aromatic carbocycles. The standard InChI is InChI=1S/C14H10BrN3OS/c1-8-13(20-18-17-8)14(19)16-10-5-6-11-9(7-10)3-2-4-12(11)15/h2-7H,1H3,(H,16,19). The quantitative estimate of drug-likeness (QED) is 0.761. The first-order valence-corrected chi connectivity index (χ1v) is 7.50. The first kappa shape index (κ1) is 13.2. The minimum Gasteiger partial charge on any atom is -0.321 e. The van der Waals surface area contributed by atoms with Crippen LogP contribution in [0.15, 0.2) is 40.9 Å². The minimum absolute atomic E-state index is 0.174. The van der Waals surface area contributed by atoms with E-state index in [1.54, 1.807) is 6.92 Å². The van der Waals surface area contributed by atoms with Gasteiger partial charge < -0.3 is 5.32 Å². The zero-order chi connectivity index (χ0) is 14.1. The number of aromatic nitrogens is 2. The Morgan fingerprint density at radius 1 is 1.30 bits per heavy atom. The van der Waals surface area contributed by atoms with E-state index in [2.05, 4.69) is 30.8 Å². The molecule has 0 unspecified atom stereocenters. The topological polar surface area (TPSA) is 54.9 Å². The highest BCUT2D eigenvalue weighted by molar-refractivity contribution is 9.10. The Kier molecular flexibility index (Phi) is 3.50. The predicted molar refractivity (Wildman–Crippen MR) is 84.2 cm³/mol. The van der Waals surface area contributed by atoms with E-state index in [0.717, 1.165) is 32.5 Å². The summed E-state index contributed by atoms with van der Waals surface area (Å²) in [5.41, 5.74) is 1.41. The van der Waals surface area contributed by atoms with Crippen LogP contribution in [0.1, 0.15) is 15.4 Å². The fourth-order valence-corrected chi connectivity index (χ4v) is 3.02. The molecular formula is C14H10BrN3OS. The second-order valence-electron chi connectivity index (χ2n) is 4.32. The summed E-state index contributed by atoms with van der Waals surface area (Å²) in [7, 11) is 0. The molecule has 100 valence electrons. The van der Waals surface area contributed by atoms with Crippen molar-refractivity contribution in [2.75, 3.05) is 5.32 Å². The highest BCUT2D eigenvalue weighted by Gasteiger charge is 2.13. The molecule has 0 radical (unpaired) electrons. The third-order valence-electron chi connectivity index (χ3n) is 2.94. The number of hydrogen-bond donors (Lipinski definition) is 1. The maximum Gasteiger partial charge on any atom is 0.269 e. The van der Waals surface area contributed by atoms with E-state index in [-0.39, 0.29) is 5.91 Å². The van der Waals surface area contributed by atoms with E-state index < -0.39 is 0 Å². The van der Waals surface area contributed by atoms with Crippen LogP contribution in [0.3, 0.4) is 0 Å². The number of carbonyl (C=O) groups is 1. The van der Waals surface area contributed by atoms with E-state index >= 15 is 0 Å². The second kappa shape index (κ2) is 5.30. The van der Waals surface area contributed by atoms with Gasteiger partial charge in [-0.3, -0.25) is 4.79 Å². The number of rotatable bonds is 2. The van der Waals surface area contributed by atoms with E-state index in [4.69, 9.17) is 0 Å². The van der Waals surface area contributed by atoms with Crippen LogP contribution in [-0.2, 0) is 0 Å². The number of anilines is 1. The zero-order valence-electron chi connectivity index (χ0n) is 10.6. The highest BCUT2D eigenvalue weighted by Crippen LogP contribution is 2.26. The Morgan fingerprint density at radius 3 is 2.90 bits per heavy atom. The predicted octanol–water partition coefficient (Wildman–Crippen LogP) is 4.01. The van der Waals surface area contributed by atoms with Gasteiger partial charge in [-0.25, -0.2) is 0 Å². The maximum absolute atomic E-state index is 12.1. The lowest BCUT2D eigenvalue weighted by atomic mass is 10.1. The number of amides is 1. The average Bonchev–Trinajstić information content (AvgIpc) is 2.85. The molecule has 20 heavy (non-hydrogen) atoms. The van der Waals surface area contributed by atoms with Crippen LogP contribution < -0.4 is 5.32 Å². The molecule has 3 aromatic rings. The molecule has 0 aliphatic rings. The molecule has 1 aromatic heterocycles. The number of aryl methyl sites for hydroxylation is 1. The molecule has 0 saturated heterocycles. The molecule has 1 heterocycles. The fraction of sp³-hybridized carbons (Fsp3) is 0.0714. The highest BCUT2D eigenvalue weighted by atomic mass is 79.9. The van der Waals surface area contributed by atoms with Crippen molar-refractivity contribution in [3.8, 4) is 0 Å². The van der Waals surface area contributed by atoms with Crippen molar-refractivity contribution in [1.82, 2.24) is 9.59 Å². The fourth-order valence-electron chi connectivity index (χ4n) is 1.95. The monoisotopic (exact) mass is 347 g/mol. The minimum atomic E-state index is -0.174. The molecule has 0 saturated carbocycles. The van der Waals surface area contributed by atoms with Crippen LogP contribution in [-0.4, -0.2) is 15.5 Å². The summed E-state index contributed by atoms with van der Waals surface area (Å²) in [4.78, 5) is 12.7. The zero-order valence-corrected chi connectivity index (χ0v) is 13.0. The van der Waals surface area contributed by atoms with Gasteiger partial charge >= 0.3 is 0 Å². The molecular weight excluding hydrogens is 338 g/mol. The summed E-state index contributed by atoms with van der Waals surface area (Å²) in [5, 5.41) is 8.89. The van der Waals surface area contributed by atoms with Crippen LogP contribution in [0, 0.1) is 6.92 Å². The lowest BCUT2D eigenvalue weighted by Crippen LogP contribution is -2.11. The van der Waals surface area contributed by atoms with Crippen molar-refractivity contribution in [2.24, 2.45) is 0 Å². The number of nitrogens with one attached hydrogen (secondary N) is 1. The van der Waals surface area contributed by atoms with Crippen LogP contribution in [0.5, 0.6) is 0 Å². The van der Waals surface area contributed by atoms with Crippen molar-refractivity contribution >= 4 is 49.8 Å². The first-order valence-electron chi connectivity index (χ1n) is 5.94. The summed E-state index contributed by atoms with van der Waals surface area (Å²) < 4.78 is 4.81. The Labute approximate surface area is 128 Å². The Bertz CT molecular complexity index is 800. The van der Waals surface area contributed by atoms with Gasteiger partial charge in [0.25, 0.3) is 5.91 Å². The summed E-state index contributed by atoms with van der Waals surface area (Å²) >= 11 is 4.61. The Balaban J connectivity index is 1.92. The molecule has 0 aliphatic carbocycles. The molecule has 0 spiro atoms. The summed E-state index contributed by atoms with van der Waals surface area (Å²) in [6.07, 6.45) is 0. The summed E-state index contributed by atoms with van der Waals surface area (Å²) in [6, 6.07) is 11.8. The van der Waals surface area contributed by atoms with Crippen LogP contribution >= 0.6 is 27.5 Å². The van der Waals surface area contributed by atoms with Crippen molar-refractivity contribution < 1.29 is 4.79 Å². The number of nitrogens with zero attached hydrogens (tertiary/aromatic N) is 2. The van der Waals surface area contributed by atoms with E-state index in [9.17, 15) is 4.79 Å². The molecule has 0 atom stereocenters. The van der Waals surface area contributed by atoms with Crippen molar-refractivity contribution in [3.05, 3.63) is 51.4 Å². The number of carbonyl (C=O) groups excluding carboxylic acids is 1. The third-order valence-corrected chi connectivity index (χ3v) is 4.46. The normalized spacial score (nSPS) is 10.7. The smallest absolute Gasteiger partial charge is 0.269 e. The number of fused-ring (bicyclic) bond motifs is 1. The molecule has 1 amide bonds. The van der Waals surface area contributed by atoms with Gasteiger partial charge in [-0.05, 0) is 47.4 Å². The third kappa shape index (κ3) is 2.44. The number of halogens is 1. The van der Waals surface area contributed by atoms with Gasteiger partial charge in [0, 0.05) is 10.2 Å². The first-order chi connectivity index (χ1) is 9.65. The largest absolute Gasteiger partial charge is 0.321 e. The van der Waals surface area contributed by atoms with Gasteiger partial charge in [-0.1, -0.05) is 38.6 Å².